The molecule has 1 heterocycles. The summed E-state index contributed by atoms with van der Waals surface area (Å²) in [6.07, 6.45) is 2.31. The van der Waals surface area contributed by atoms with Crippen LogP contribution in [0.3, 0.4) is 0 Å². The van der Waals surface area contributed by atoms with Crippen molar-refractivity contribution < 1.29 is 14.7 Å². The molecular formula is C17H24N2O3. The SMILES string of the molecule is CCC(CO)NC(=O)C1CCCN(C(=O)c2ccccc2)C1. The second-order valence-corrected chi connectivity index (χ2v) is 5.75. The molecule has 5 heteroatoms. The van der Waals surface area contributed by atoms with Crippen LogP contribution in [0.15, 0.2) is 30.3 Å². The molecule has 1 aliphatic heterocycles. The van der Waals surface area contributed by atoms with E-state index in [1.54, 1.807) is 17.0 Å². The van der Waals surface area contributed by atoms with Crippen LogP contribution in [0.5, 0.6) is 0 Å². The van der Waals surface area contributed by atoms with Gasteiger partial charge in [-0.15, -0.1) is 0 Å². The van der Waals surface area contributed by atoms with Gasteiger partial charge in [-0.25, -0.2) is 0 Å². The van der Waals surface area contributed by atoms with Crippen molar-refractivity contribution in [2.24, 2.45) is 5.92 Å². The predicted molar refractivity (Wildman–Crippen MR) is 84.4 cm³/mol. The van der Waals surface area contributed by atoms with Gasteiger partial charge < -0.3 is 15.3 Å². The molecule has 1 aromatic carbocycles. The van der Waals surface area contributed by atoms with Gasteiger partial charge in [0.15, 0.2) is 0 Å². The highest BCUT2D eigenvalue weighted by Crippen LogP contribution is 2.19. The minimum absolute atomic E-state index is 0.0210. The summed E-state index contributed by atoms with van der Waals surface area (Å²) < 4.78 is 0. The number of nitrogens with one attached hydrogen (secondary N) is 1. The molecule has 0 aliphatic carbocycles. The van der Waals surface area contributed by atoms with Crippen molar-refractivity contribution in [3.05, 3.63) is 35.9 Å². The Bertz CT molecular complexity index is 500. The van der Waals surface area contributed by atoms with Crippen LogP contribution in [0.4, 0.5) is 0 Å². The maximum atomic E-state index is 12.5. The van der Waals surface area contributed by atoms with E-state index in [1.807, 2.05) is 25.1 Å². The number of piperidine rings is 1. The van der Waals surface area contributed by atoms with Crippen molar-refractivity contribution in [2.45, 2.75) is 32.2 Å². The Labute approximate surface area is 131 Å². The summed E-state index contributed by atoms with van der Waals surface area (Å²) in [6, 6.07) is 8.95. The Morgan fingerprint density at radius 1 is 1.36 bits per heavy atom. The minimum atomic E-state index is -0.201. The number of likely N-dealkylation sites (tertiary alicyclic amines) is 1. The first kappa shape index (κ1) is 16.5. The molecule has 1 aromatic rings. The summed E-state index contributed by atoms with van der Waals surface area (Å²) in [5.41, 5.74) is 0.658. The lowest BCUT2D eigenvalue weighted by atomic mass is 9.96. The highest BCUT2D eigenvalue weighted by molar-refractivity contribution is 5.94. The topological polar surface area (TPSA) is 69.6 Å². The van der Waals surface area contributed by atoms with Gasteiger partial charge >= 0.3 is 0 Å². The van der Waals surface area contributed by atoms with Gasteiger partial charge in [0.05, 0.1) is 18.6 Å². The van der Waals surface area contributed by atoms with Crippen LogP contribution in [0.2, 0.25) is 0 Å². The average Bonchev–Trinajstić information content (AvgIpc) is 2.59. The van der Waals surface area contributed by atoms with Crippen molar-refractivity contribution in [2.75, 3.05) is 19.7 Å². The molecule has 120 valence electrons. The fraction of sp³-hybridized carbons (Fsp3) is 0.529. The van der Waals surface area contributed by atoms with Crippen molar-refractivity contribution in [1.29, 1.82) is 0 Å². The molecule has 2 N–H and O–H groups in total. The number of carbonyl (C=O) groups excluding carboxylic acids is 2. The van der Waals surface area contributed by atoms with Crippen LogP contribution in [-0.2, 0) is 4.79 Å². The number of aliphatic hydroxyl groups is 1. The molecule has 0 saturated carbocycles. The number of hydrogen-bond donors (Lipinski definition) is 2. The van der Waals surface area contributed by atoms with Crippen LogP contribution in [-0.4, -0.2) is 47.6 Å². The first-order chi connectivity index (χ1) is 10.7. The largest absolute Gasteiger partial charge is 0.394 e. The standard InChI is InChI=1S/C17H24N2O3/c1-2-15(12-20)18-16(21)14-9-6-10-19(11-14)17(22)13-7-4-3-5-8-13/h3-5,7-8,14-15,20H,2,6,9-12H2,1H3,(H,18,21). The third-order valence-corrected chi connectivity index (χ3v) is 4.16. The number of benzene rings is 1. The number of hydrogen-bond acceptors (Lipinski definition) is 3. The van der Waals surface area contributed by atoms with Gasteiger partial charge in [0.1, 0.15) is 0 Å². The molecule has 1 aliphatic rings. The first-order valence-electron chi connectivity index (χ1n) is 7.91. The van der Waals surface area contributed by atoms with E-state index in [0.717, 1.165) is 12.8 Å². The van der Waals surface area contributed by atoms with E-state index in [4.69, 9.17) is 0 Å². The normalized spacial score (nSPS) is 19.5. The van der Waals surface area contributed by atoms with Crippen molar-refractivity contribution >= 4 is 11.8 Å². The van der Waals surface area contributed by atoms with Gasteiger partial charge in [-0.2, -0.15) is 0 Å². The highest BCUT2D eigenvalue weighted by Gasteiger charge is 2.29. The van der Waals surface area contributed by atoms with E-state index in [0.29, 0.717) is 25.1 Å². The van der Waals surface area contributed by atoms with Crippen LogP contribution in [0.1, 0.15) is 36.5 Å². The number of nitrogens with zero attached hydrogens (tertiary/aromatic N) is 1. The summed E-state index contributed by atoms with van der Waals surface area (Å²) in [4.78, 5) is 26.5. The molecular weight excluding hydrogens is 280 g/mol. The second-order valence-electron chi connectivity index (χ2n) is 5.75. The molecule has 0 aromatic heterocycles. The number of rotatable bonds is 5. The predicted octanol–water partition coefficient (Wildman–Crippen LogP) is 1.43. The maximum absolute atomic E-state index is 12.5. The van der Waals surface area contributed by atoms with Gasteiger partial charge in [-0.3, -0.25) is 9.59 Å². The Kier molecular flexibility index (Phi) is 5.95. The third-order valence-electron chi connectivity index (χ3n) is 4.16. The Morgan fingerprint density at radius 3 is 2.73 bits per heavy atom. The molecule has 0 radical (unpaired) electrons. The molecule has 2 rings (SSSR count). The molecule has 22 heavy (non-hydrogen) atoms. The van der Waals surface area contributed by atoms with E-state index < -0.39 is 0 Å². The summed E-state index contributed by atoms with van der Waals surface area (Å²) in [6.45, 7) is 3.00. The Balaban J connectivity index is 1.97. The van der Waals surface area contributed by atoms with Crippen LogP contribution < -0.4 is 5.32 Å². The quantitative estimate of drug-likeness (QED) is 0.864. The smallest absolute Gasteiger partial charge is 0.253 e. The number of carbonyl (C=O) groups is 2. The molecule has 2 unspecified atom stereocenters. The van der Waals surface area contributed by atoms with E-state index in [9.17, 15) is 14.7 Å². The summed E-state index contributed by atoms with van der Waals surface area (Å²) in [5, 5.41) is 12.0. The lowest BCUT2D eigenvalue weighted by Gasteiger charge is -2.32. The second kappa shape index (κ2) is 7.94. The van der Waals surface area contributed by atoms with E-state index in [-0.39, 0.29) is 30.4 Å². The molecule has 5 nitrogen and oxygen atoms in total. The number of amides is 2. The average molecular weight is 304 g/mol. The molecule has 0 spiro atoms. The van der Waals surface area contributed by atoms with Crippen molar-refractivity contribution in [3.8, 4) is 0 Å². The molecule has 0 bridgehead atoms. The molecule has 1 fully saturated rings. The van der Waals surface area contributed by atoms with E-state index in [2.05, 4.69) is 5.32 Å². The van der Waals surface area contributed by atoms with E-state index >= 15 is 0 Å². The zero-order valence-corrected chi connectivity index (χ0v) is 13.0. The highest BCUT2D eigenvalue weighted by atomic mass is 16.3. The van der Waals surface area contributed by atoms with Crippen molar-refractivity contribution in [1.82, 2.24) is 10.2 Å². The van der Waals surface area contributed by atoms with Gasteiger partial charge in [0.2, 0.25) is 5.91 Å². The molecule has 2 amide bonds. The summed E-state index contributed by atoms with van der Waals surface area (Å²) in [5.74, 6) is -0.277. The van der Waals surface area contributed by atoms with Gasteiger partial charge in [-0.05, 0) is 31.4 Å². The third kappa shape index (κ3) is 4.07. The van der Waals surface area contributed by atoms with Gasteiger partial charge in [-0.1, -0.05) is 25.1 Å². The molecule has 2 atom stereocenters. The summed E-state index contributed by atoms with van der Waals surface area (Å²) in [7, 11) is 0. The van der Waals surface area contributed by atoms with Crippen molar-refractivity contribution in [3.63, 3.8) is 0 Å². The van der Waals surface area contributed by atoms with Crippen LogP contribution in [0.25, 0.3) is 0 Å². The summed E-state index contributed by atoms with van der Waals surface area (Å²) >= 11 is 0. The molecule has 1 saturated heterocycles. The van der Waals surface area contributed by atoms with Crippen LogP contribution >= 0.6 is 0 Å². The number of aliphatic hydroxyl groups excluding tert-OH is 1. The van der Waals surface area contributed by atoms with E-state index in [1.165, 1.54) is 0 Å². The lowest BCUT2D eigenvalue weighted by molar-refractivity contribution is -0.127. The fourth-order valence-electron chi connectivity index (χ4n) is 2.73. The van der Waals surface area contributed by atoms with Crippen LogP contribution in [0, 0.1) is 5.92 Å². The maximum Gasteiger partial charge on any atom is 0.253 e. The zero-order valence-electron chi connectivity index (χ0n) is 13.0. The monoisotopic (exact) mass is 304 g/mol. The van der Waals surface area contributed by atoms with Gasteiger partial charge in [0, 0.05) is 18.7 Å². The first-order valence-corrected chi connectivity index (χ1v) is 7.91. The lowest BCUT2D eigenvalue weighted by Crippen LogP contribution is -2.48. The Hall–Kier alpha value is -1.88. The van der Waals surface area contributed by atoms with Gasteiger partial charge in [0.25, 0.3) is 5.91 Å². The zero-order chi connectivity index (χ0) is 15.9. The Morgan fingerprint density at radius 2 is 2.09 bits per heavy atom. The fourth-order valence-corrected chi connectivity index (χ4v) is 2.73. The minimum Gasteiger partial charge on any atom is -0.394 e.